The fourth-order valence-electron chi connectivity index (χ4n) is 3.20. The summed E-state index contributed by atoms with van der Waals surface area (Å²) in [5.41, 5.74) is -0.320. The normalized spacial score (nSPS) is 16.3. The first-order chi connectivity index (χ1) is 11.9. The molecule has 0 saturated heterocycles. The zero-order chi connectivity index (χ0) is 18.7. The molecule has 0 unspecified atom stereocenters. The lowest BCUT2D eigenvalue weighted by molar-refractivity contribution is -0.138. The van der Waals surface area contributed by atoms with E-state index in [4.69, 9.17) is 9.73 Å². The average molecular weight is 482 g/mol. The molecule has 6 nitrogen and oxygen atoms in total. The van der Waals surface area contributed by atoms with E-state index >= 15 is 0 Å². The van der Waals surface area contributed by atoms with Crippen LogP contribution in [0.5, 0.6) is 0 Å². The Labute approximate surface area is 176 Å². The van der Waals surface area contributed by atoms with Crippen LogP contribution in [0.25, 0.3) is 0 Å². The minimum absolute atomic E-state index is 0. The highest BCUT2D eigenvalue weighted by molar-refractivity contribution is 14.0. The molecule has 1 amide bonds. The van der Waals surface area contributed by atoms with Crippen molar-refractivity contribution < 1.29 is 9.53 Å². The molecule has 7 heteroatoms. The van der Waals surface area contributed by atoms with E-state index in [2.05, 4.69) is 24.5 Å². The van der Waals surface area contributed by atoms with Gasteiger partial charge in [-0.05, 0) is 32.1 Å². The average Bonchev–Trinajstić information content (AvgIpc) is 3.04. The fourth-order valence-corrected chi connectivity index (χ4v) is 3.20. The van der Waals surface area contributed by atoms with Gasteiger partial charge in [-0.1, -0.05) is 26.7 Å². The Morgan fingerprint density at radius 2 is 1.85 bits per heavy atom. The second kappa shape index (κ2) is 13.6. The molecule has 0 aromatic rings. The van der Waals surface area contributed by atoms with Gasteiger partial charge < -0.3 is 20.3 Å². The van der Waals surface area contributed by atoms with Crippen LogP contribution in [0.4, 0.5) is 0 Å². The van der Waals surface area contributed by atoms with Gasteiger partial charge in [-0.2, -0.15) is 0 Å². The van der Waals surface area contributed by atoms with Gasteiger partial charge in [0.05, 0.1) is 18.6 Å². The topological polar surface area (TPSA) is 66.0 Å². The summed E-state index contributed by atoms with van der Waals surface area (Å²) >= 11 is 0. The summed E-state index contributed by atoms with van der Waals surface area (Å²) in [6.07, 6.45) is 5.19. The lowest BCUT2D eigenvalue weighted by Crippen LogP contribution is -2.43. The van der Waals surface area contributed by atoms with Gasteiger partial charge in [0.2, 0.25) is 5.91 Å². The van der Waals surface area contributed by atoms with Crippen molar-refractivity contribution in [3.63, 3.8) is 0 Å². The molecule has 0 bridgehead atoms. The van der Waals surface area contributed by atoms with Gasteiger partial charge in [-0.15, -0.1) is 24.0 Å². The second-order valence-electron chi connectivity index (χ2n) is 7.60. The van der Waals surface area contributed by atoms with E-state index < -0.39 is 0 Å². The van der Waals surface area contributed by atoms with Crippen LogP contribution in [0.1, 0.15) is 52.9 Å². The Morgan fingerprint density at radius 3 is 2.38 bits per heavy atom. The van der Waals surface area contributed by atoms with Gasteiger partial charge in [-0.25, -0.2) is 0 Å². The molecule has 26 heavy (non-hydrogen) atoms. The molecular formula is C19H39IN4O2. The summed E-state index contributed by atoms with van der Waals surface area (Å²) < 4.78 is 5.63. The zero-order valence-corrected chi connectivity index (χ0v) is 19.6. The lowest BCUT2D eigenvalue weighted by atomic mass is 9.85. The summed E-state index contributed by atoms with van der Waals surface area (Å²) in [6.45, 7) is 9.98. The van der Waals surface area contributed by atoms with E-state index in [1.165, 1.54) is 0 Å². The SMILES string of the molecule is CCNC(=NCC1(C(=O)N(C)C)CCCC1)NCCOCCC(C)C.I. The van der Waals surface area contributed by atoms with Gasteiger partial charge in [0, 0.05) is 33.8 Å². The largest absolute Gasteiger partial charge is 0.380 e. The number of carbonyl (C=O) groups is 1. The number of hydrogen-bond acceptors (Lipinski definition) is 3. The van der Waals surface area contributed by atoms with E-state index in [-0.39, 0.29) is 35.3 Å². The quantitative estimate of drug-likeness (QED) is 0.218. The van der Waals surface area contributed by atoms with Crippen LogP contribution in [-0.4, -0.2) is 63.7 Å². The molecule has 0 aromatic carbocycles. The first-order valence-electron chi connectivity index (χ1n) is 9.73. The minimum atomic E-state index is -0.320. The molecule has 154 valence electrons. The molecule has 1 fully saturated rings. The number of amides is 1. The van der Waals surface area contributed by atoms with Crippen LogP contribution >= 0.6 is 24.0 Å². The third-order valence-corrected chi connectivity index (χ3v) is 4.68. The number of ether oxygens (including phenoxy) is 1. The van der Waals surface area contributed by atoms with Crippen LogP contribution < -0.4 is 10.6 Å². The predicted molar refractivity (Wildman–Crippen MR) is 119 cm³/mol. The number of nitrogens with one attached hydrogen (secondary N) is 2. The lowest BCUT2D eigenvalue weighted by Gasteiger charge is -2.29. The van der Waals surface area contributed by atoms with Crippen LogP contribution in [0.3, 0.4) is 0 Å². The highest BCUT2D eigenvalue weighted by Gasteiger charge is 2.41. The maximum absolute atomic E-state index is 12.6. The Hall–Kier alpha value is -0.570. The van der Waals surface area contributed by atoms with Crippen molar-refractivity contribution in [1.29, 1.82) is 0 Å². The van der Waals surface area contributed by atoms with E-state index in [0.717, 1.165) is 57.8 Å². The Balaban J connectivity index is 0.00000625. The molecule has 0 radical (unpaired) electrons. The smallest absolute Gasteiger partial charge is 0.230 e. The summed E-state index contributed by atoms with van der Waals surface area (Å²) in [6, 6.07) is 0. The Morgan fingerprint density at radius 1 is 1.19 bits per heavy atom. The van der Waals surface area contributed by atoms with Gasteiger partial charge >= 0.3 is 0 Å². The third-order valence-electron chi connectivity index (χ3n) is 4.68. The monoisotopic (exact) mass is 482 g/mol. The fraction of sp³-hybridized carbons (Fsp3) is 0.895. The maximum atomic E-state index is 12.6. The predicted octanol–water partition coefficient (Wildman–Crippen LogP) is 2.87. The first-order valence-corrected chi connectivity index (χ1v) is 9.73. The molecular weight excluding hydrogens is 443 g/mol. The summed E-state index contributed by atoms with van der Waals surface area (Å²) in [5.74, 6) is 1.65. The van der Waals surface area contributed by atoms with Gasteiger partial charge in [0.15, 0.2) is 5.96 Å². The molecule has 0 atom stereocenters. The van der Waals surface area contributed by atoms with Crippen molar-refractivity contribution in [2.75, 3.05) is 46.9 Å². The number of guanidine groups is 1. The van der Waals surface area contributed by atoms with Crippen molar-refractivity contribution in [1.82, 2.24) is 15.5 Å². The molecule has 0 spiro atoms. The number of halogens is 1. The summed E-state index contributed by atoms with van der Waals surface area (Å²) in [5, 5.41) is 6.57. The molecule has 0 aromatic heterocycles. The highest BCUT2D eigenvalue weighted by atomic mass is 127. The third kappa shape index (κ3) is 8.88. The van der Waals surface area contributed by atoms with Gasteiger partial charge in [-0.3, -0.25) is 9.79 Å². The minimum Gasteiger partial charge on any atom is -0.380 e. The molecule has 1 aliphatic rings. The molecule has 1 rings (SSSR count). The first kappa shape index (κ1) is 25.4. The van der Waals surface area contributed by atoms with Gasteiger partial charge in [0.25, 0.3) is 0 Å². The van der Waals surface area contributed by atoms with E-state index in [1.807, 2.05) is 21.0 Å². The number of rotatable bonds is 10. The summed E-state index contributed by atoms with van der Waals surface area (Å²) in [7, 11) is 3.67. The van der Waals surface area contributed by atoms with Crippen LogP contribution in [0.2, 0.25) is 0 Å². The van der Waals surface area contributed by atoms with Crippen molar-refractivity contribution >= 4 is 35.8 Å². The molecule has 0 heterocycles. The van der Waals surface area contributed by atoms with E-state index in [1.54, 1.807) is 4.90 Å². The van der Waals surface area contributed by atoms with E-state index in [0.29, 0.717) is 19.1 Å². The van der Waals surface area contributed by atoms with Crippen molar-refractivity contribution in [2.45, 2.75) is 52.9 Å². The van der Waals surface area contributed by atoms with Gasteiger partial charge in [0.1, 0.15) is 0 Å². The zero-order valence-electron chi connectivity index (χ0n) is 17.3. The summed E-state index contributed by atoms with van der Waals surface area (Å²) in [4.78, 5) is 19.0. The standard InChI is InChI=1S/C19H38N4O2.HI/c1-6-20-18(21-12-14-25-13-9-16(2)3)22-15-19(10-7-8-11-19)17(24)23(4)5;/h16H,6-15H2,1-5H3,(H2,20,21,22);1H. The van der Waals surface area contributed by atoms with Crippen molar-refractivity contribution in [3.8, 4) is 0 Å². The molecule has 1 aliphatic carbocycles. The number of carbonyl (C=O) groups excluding carboxylic acids is 1. The molecule has 1 saturated carbocycles. The molecule has 0 aliphatic heterocycles. The van der Waals surface area contributed by atoms with Crippen molar-refractivity contribution in [2.24, 2.45) is 16.3 Å². The Bertz CT molecular complexity index is 422. The number of aliphatic imine (C=N–C) groups is 1. The van der Waals surface area contributed by atoms with E-state index in [9.17, 15) is 4.79 Å². The highest BCUT2D eigenvalue weighted by Crippen LogP contribution is 2.39. The van der Waals surface area contributed by atoms with Crippen molar-refractivity contribution in [3.05, 3.63) is 0 Å². The number of hydrogen-bond donors (Lipinski definition) is 2. The maximum Gasteiger partial charge on any atom is 0.230 e. The van der Waals surface area contributed by atoms with Crippen LogP contribution in [-0.2, 0) is 9.53 Å². The second-order valence-corrected chi connectivity index (χ2v) is 7.60. The van der Waals surface area contributed by atoms with Crippen LogP contribution in [0.15, 0.2) is 4.99 Å². The number of nitrogens with zero attached hydrogens (tertiary/aromatic N) is 2. The molecule has 2 N–H and O–H groups in total. The Kier molecular flexibility index (Phi) is 13.3. The van der Waals surface area contributed by atoms with Crippen LogP contribution in [0, 0.1) is 11.3 Å².